The molecule has 0 spiro atoms. The summed E-state index contributed by atoms with van der Waals surface area (Å²) in [5.74, 6) is 0.736. The number of carbonyl (C=O) groups is 1. The van der Waals surface area contributed by atoms with Crippen molar-refractivity contribution in [2.75, 3.05) is 31.6 Å². The monoisotopic (exact) mass is 416 g/mol. The van der Waals surface area contributed by atoms with E-state index in [1.165, 1.54) is 10.4 Å². The highest BCUT2D eigenvalue weighted by Crippen LogP contribution is 2.34. The zero-order chi connectivity index (χ0) is 20.4. The van der Waals surface area contributed by atoms with Crippen LogP contribution in [0.15, 0.2) is 47.4 Å². The molecule has 2 aromatic carbocycles. The zero-order valence-corrected chi connectivity index (χ0v) is 17.1. The number of sulfonamides is 1. The highest BCUT2D eigenvalue weighted by molar-refractivity contribution is 7.89. The molecule has 154 valence electrons. The Morgan fingerprint density at radius 1 is 1.00 bits per heavy atom. The first-order valence-corrected chi connectivity index (χ1v) is 11.1. The summed E-state index contributed by atoms with van der Waals surface area (Å²) in [5.41, 5.74) is 1.88. The number of carbonyl (C=O) groups excluding carboxylic acids is 1. The largest absolute Gasteiger partial charge is 0.486 e. The van der Waals surface area contributed by atoms with E-state index in [-0.39, 0.29) is 16.7 Å². The summed E-state index contributed by atoms with van der Waals surface area (Å²) in [6, 6.07) is 12.3. The van der Waals surface area contributed by atoms with Crippen LogP contribution in [0.4, 0.5) is 5.69 Å². The van der Waals surface area contributed by atoms with Crippen molar-refractivity contribution in [2.24, 2.45) is 5.92 Å². The third-order valence-corrected chi connectivity index (χ3v) is 7.19. The van der Waals surface area contributed by atoms with Crippen LogP contribution in [-0.2, 0) is 14.8 Å². The Labute approximate surface area is 170 Å². The molecule has 29 heavy (non-hydrogen) atoms. The molecule has 0 saturated carbocycles. The number of benzene rings is 2. The Hall–Kier alpha value is -2.58. The zero-order valence-electron chi connectivity index (χ0n) is 16.3. The molecule has 7 nitrogen and oxygen atoms in total. The number of amides is 1. The van der Waals surface area contributed by atoms with Crippen molar-refractivity contribution in [3.05, 3.63) is 48.0 Å². The van der Waals surface area contributed by atoms with Crippen LogP contribution >= 0.6 is 0 Å². The minimum Gasteiger partial charge on any atom is -0.486 e. The number of nitrogens with one attached hydrogen (secondary N) is 1. The van der Waals surface area contributed by atoms with Crippen molar-refractivity contribution in [3.8, 4) is 11.5 Å². The van der Waals surface area contributed by atoms with Gasteiger partial charge in [-0.05, 0) is 44.0 Å². The maximum absolute atomic E-state index is 13.0. The lowest BCUT2D eigenvalue weighted by atomic mass is 9.97. The van der Waals surface area contributed by atoms with Crippen LogP contribution in [0.1, 0.15) is 18.4 Å². The highest BCUT2D eigenvalue weighted by Gasteiger charge is 2.32. The van der Waals surface area contributed by atoms with E-state index in [1.54, 1.807) is 12.1 Å². The van der Waals surface area contributed by atoms with Gasteiger partial charge in [-0.15, -0.1) is 0 Å². The second-order valence-electron chi connectivity index (χ2n) is 7.34. The van der Waals surface area contributed by atoms with E-state index in [2.05, 4.69) is 5.32 Å². The molecule has 1 fully saturated rings. The van der Waals surface area contributed by atoms with Gasteiger partial charge in [0.25, 0.3) is 0 Å². The van der Waals surface area contributed by atoms with E-state index in [4.69, 9.17) is 9.47 Å². The summed E-state index contributed by atoms with van der Waals surface area (Å²) in [7, 11) is -3.64. The molecule has 0 bridgehead atoms. The summed E-state index contributed by atoms with van der Waals surface area (Å²) in [4.78, 5) is 12.7. The quantitative estimate of drug-likeness (QED) is 0.829. The number of piperidine rings is 1. The second-order valence-corrected chi connectivity index (χ2v) is 9.28. The summed E-state index contributed by atoms with van der Waals surface area (Å²) in [6.07, 6.45) is 0.975. The Morgan fingerprint density at radius 3 is 2.34 bits per heavy atom. The summed E-state index contributed by atoms with van der Waals surface area (Å²) in [5, 5.41) is 2.92. The smallest absolute Gasteiger partial charge is 0.243 e. The van der Waals surface area contributed by atoms with Crippen LogP contribution < -0.4 is 14.8 Å². The predicted molar refractivity (Wildman–Crippen MR) is 109 cm³/mol. The summed E-state index contributed by atoms with van der Waals surface area (Å²) >= 11 is 0. The first-order valence-electron chi connectivity index (χ1n) is 9.71. The third kappa shape index (κ3) is 4.23. The fraction of sp³-hybridized carbons (Fsp3) is 0.381. The molecule has 0 aromatic heterocycles. The third-order valence-electron chi connectivity index (χ3n) is 5.30. The lowest BCUT2D eigenvalue weighted by Crippen LogP contribution is -2.41. The van der Waals surface area contributed by atoms with Crippen LogP contribution in [0.5, 0.6) is 11.5 Å². The lowest BCUT2D eigenvalue weighted by Gasteiger charge is -2.30. The van der Waals surface area contributed by atoms with Crippen molar-refractivity contribution in [1.29, 1.82) is 0 Å². The van der Waals surface area contributed by atoms with Crippen molar-refractivity contribution < 1.29 is 22.7 Å². The Morgan fingerprint density at radius 2 is 1.66 bits per heavy atom. The molecule has 8 heteroatoms. The molecular formula is C21H24N2O5S. The average molecular weight is 416 g/mol. The number of fused-ring (bicyclic) bond motifs is 1. The van der Waals surface area contributed by atoms with Crippen LogP contribution in [0.25, 0.3) is 0 Å². The van der Waals surface area contributed by atoms with E-state index in [9.17, 15) is 13.2 Å². The molecule has 1 N–H and O–H groups in total. The number of aryl methyl sites for hydroxylation is 1. The molecular weight excluding hydrogens is 392 g/mol. The average Bonchev–Trinajstić information content (AvgIpc) is 2.75. The first kappa shape index (κ1) is 19.7. The standard InChI is InChI=1S/C21H24N2O5S/c1-15-2-4-17(5-3-15)22-21(24)16-8-10-23(11-9-16)29(25,26)18-6-7-19-20(14-18)28-13-12-27-19/h2-7,14,16H,8-13H2,1H3,(H,22,24). The number of nitrogens with zero attached hydrogens (tertiary/aromatic N) is 1. The van der Waals surface area contributed by atoms with E-state index in [1.807, 2.05) is 31.2 Å². The maximum atomic E-state index is 13.0. The molecule has 1 saturated heterocycles. The van der Waals surface area contributed by atoms with E-state index >= 15 is 0 Å². The molecule has 2 aliphatic heterocycles. The van der Waals surface area contributed by atoms with Gasteiger partial charge in [0.05, 0.1) is 4.90 Å². The van der Waals surface area contributed by atoms with Crippen LogP contribution in [0, 0.1) is 12.8 Å². The topological polar surface area (TPSA) is 84.9 Å². The number of ether oxygens (including phenoxy) is 2. The SMILES string of the molecule is Cc1ccc(NC(=O)C2CCN(S(=O)(=O)c3ccc4c(c3)OCCO4)CC2)cc1. The van der Waals surface area contributed by atoms with Gasteiger partial charge in [-0.1, -0.05) is 17.7 Å². The molecule has 0 radical (unpaired) electrons. The van der Waals surface area contributed by atoms with Crippen LogP contribution in [-0.4, -0.2) is 44.9 Å². The molecule has 1 amide bonds. The maximum Gasteiger partial charge on any atom is 0.243 e. The van der Waals surface area contributed by atoms with Gasteiger partial charge in [-0.2, -0.15) is 4.31 Å². The van der Waals surface area contributed by atoms with E-state index in [0.717, 1.165) is 11.3 Å². The lowest BCUT2D eigenvalue weighted by molar-refractivity contribution is -0.120. The molecule has 0 atom stereocenters. The van der Waals surface area contributed by atoms with Gasteiger partial charge in [-0.25, -0.2) is 8.42 Å². The number of hydrogen-bond acceptors (Lipinski definition) is 5. The first-order chi connectivity index (χ1) is 13.9. The Balaban J connectivity index is 1.39. The van der Waals surface area contributed by atoms with Crippen molar-refractivity contribution in [3.63, 3.8) is 0 Å². The van der Waals surface area contributed by atoms with Gasteiger partial charge >= 0.3 is 0 Å². The van der Waals surface area contributed by atoms with Gasteiger partial charge in [0.15, 0.2) is 11.5 Å². The van der Waals surface area contributed by atoms with Gasteiger partial charge in [0.1, 0.15) is 13.2 Å². The number of rotatable bonds is 4. The summed E-state index contributed by atoms with van der Waals surface area (Å²) in [6.45, 7) is 3.46. The van der Waals surface area contributed by atoms with Crippen molar-refractivity contribution in [1.82, 2.24) is 4.31 Å². The second kappa shape index (κ2) is 8.04. The van der Waals surface area contributed by atoms with Crippen LogP contribution in [0.2, 0.25) is 0 Å². The molecule has 0 aliphatic carbocycles. The minimum absolute atomic E-state index is 0.0646. The molecule has 2 aromatic rings. The summed E-state index contributed by atoms with van der Waals surface area (Å²) < 4.78 is 38.4. The van der Waals surface area contributed by atoms with Gasteiger partial charge < -0.3 is 14.8 Å². The molecule has 4 rings (SSSR count). The van der Waals surface area contributed by atoms with Crippen LogP contribution in [0.3, 0.4) is 0 Å². The minimum atomic E-state index is -3.64. The molecule has 0 unspecified atom stereocenters. The van der Waals surface area contributed by atoms with Gasteiger partial charge in [-0.3, -0.25) is 4.79 Å². The fourth-order valence-electron chi connectivity index (χ4n) is 3.57. The normalized spacial score (nSPS) is 17.7. The fourth-order valence-corrected chi connectivity index (χ4v) is 5.06. The van der Waals surface area contributed by atoms with Crippen molar-refractivity contribution in [2.45, 2.75) is 24.7 Å². The Bertz CT molecular complexity index is 996. The van der Waals surface area contributed by atoms with Crippen molar-refractivity contribution >= 4 is 21.6 Å². The van der Waals surface area contributed by atoms with Gasteiger partial charge in [0.2, 0.25) is 15.9 Å². The molecule has 2 aliphatic rings. The predicted octanol–water partition coefficient (Wildman–Crippen LogP) is 2.81. The highest BCUT2D eigenvalue weighted by atomic mass is 32.2. The van der Waals surface area contributed by atoms with E-state index < -0.39 is 10.0 Å². The Kier molecular flexibility index (Phi) is 5.47. The molecule has 2 heterocycles. The number of anilines is 1. The van der Waals surface area contributed by atoms with E-state index in [0.29, 0.717) is 50.6 Å². The number of hydrogen-bond donors (Lipinski definition) is 1. The van der Waals surface area contributed by atoms with Gasteiger partial charge in [0, 0.05) is 30.8 Å².